The normalized spacial score (nSPS) is 12.0. The molecule has 20 nitrogen and oxygen atoms in total. The summed E-state index contributed by atoms with van der Waals surface area (Å²) in [5.74, 6) is -1.37. The summed E-state index contributed by atoms with van der Waals surface area (Å²) in [7, 11) is 0. The quantitative estimate of drug-likeness (QED) is 0.0509. The summed E-state index contributed by atoms with van der Waals surface area (Å²) in [6, 6.07) is 10.4. The Morgan fingerprint density at radius 2 is 0.680 bits per heavy atom. The van der Waals surface area contributed by atoms with E-state index in [1.807, 2.05) is 0 Å². The van der Waals surface area contributed by atoms with Crippen LogP contribution in [0.1, 0.15) is 75.6 Å². The van der Waals surface area contributed by atoms with Gasteiger partial charge in [0.25, 0.3) is 0 Å². The van der Waals surface area contributed by atoms with Crippen molar-refractivity contribution < 1.29 is 9.59 Å². The lowest BCUT2D eigenvalue weighted by Gasteiger charge is -2.12. The van der Waals surface area contributed by atoms with E-state index in [4.69, 9.17) is 45.9 Å². The molecule has 2 aromatic carbocycles. The molecule has 2 amide bonds. The molecule has 0 bridgehead atoms. The van der Waals surface area contributed by atoms with Gasteiger partial charge in [0, 0.05) is 46.5 Å². The van der Waals surface area contributed by atoms with Crippen LogP contribution in [0.25, 0.3) is 0 Å². The molecule has 0 spiro atoms. The Labute approximate surface area is 288 Å². The fourth-order valence-corrected chi connectivity index (χ4v) is 4.02. The molecule has 0 aromatic heterocycles. The topological polar surface area (TPSA) is 365 Å². The first-order valence-corrected chi connectivity index (χ1v) is 15.0. The smallest absolute Gasteiger partial charge is 0.224 e. The van der Waals surface area contributed by atoms with Crippen LogP contribution >= 0.6 is 0 Å². The summed E-state index contributed by atoms with van der Waals surface area (Å²) >= 11 is 0. The molecule has 0 fully saturated rings. The monoisotopic (exact) mass is 688 g/mol. The van der Waals surface area contributed by atoms with E-state index in [0.29, 0.717) is 69.3 Å². The first-order chi connectivity index (χ1) is 23.5. The maximum absolute atomic E-state index is 12.9. The molecule has 18 N–H and O–H groups in total. The number of carbonyl (C=O) groups is 2. The number of nitrogens with zero attached hydrogens (tertiary/aromatic N) is 8. The van der Waals surface area contributed by atoms with Gasteiger partial charge < -0.3 is 56.5 Å². The van der Waals surface area contributed by atoms with Gasteiger partial charge in [-0.2, -0.15) is 20.4 Å². The lowest BCUT2D eigenvalue weighted by Crippen LogP contribution is -2.22. The van der Waals surface area contributed by atoms with E-state index in [1.54, 1.807) is 64.1 Å². The highest BCUT2D eigenvalue weighted by molar-refractivity contribution is 6.07. The first-order valence-electron chi connectivity index (χ1n) is 15.0. The van der Waals surface area contributed by atoms with E-state index < -0.39 is 0 Å². The van der Waals surface area contributed by atoms with E-state index >= 15 is 0 Å². The van der Waals surface area contributed by atoms with Crippen LogP contribution in [0.15, 0.2) is 77.2 Å². The number of nitrogens with one attached hydrogen (secondary N) is 2. The van der Waals surface area contributed by atoms with Gasteiger partial charge in [-0.05, 0) is 76.9 Å². The molecule has 0 aliphatic carbocycles. The third kappa shape index (κ3) is 14.3. The van der Waals surface area contributed by atoms with Crippen molar-refractivity contribution in [1.82, 2.24) is 0 Å². The van der Waals surface area contributed by atoms with Crippen LogP contribution in [0.4, 0.5) is 11.4 Å². The van der Waals surface area contributed by atoms with Crippen molar-refractivity contribution in [2.75, 3.05) is 10.6 Å². The predicted molar refractivity (Wildman–Crippen MR) is 201 cm³/mol. The van der Waals surface area contributed by atoms with Gasteiger partial charge in [-0.3, -0.25) is 9.59 Å². The Morgan fingerprint density at radius 3 is 0.900 bits per heavy atom. The Kier molecular flexibility index (Phi) is 15.0. The highest BCUT2D eigenvalue weighted by Crippen LogP contribution is 2.20. The minimum Gasteiger partial charge on any atom is -0.369 e. The van der Waals surface area contributed by atoms with Gasteiger partial charge in [-0.15, -0.1) is 20.4 Å². The number of benzene rings is 2. The van der Waals surface area contributed by atoms with Gasteiger partial charge >= 0.3 is 0 Å². The van der Waals surface area contributed by atoms with E-state index in [0.717, 1.165) is 0 Å². The SMILES string of the molecule is C/C(=N\N=C(N)N)c1cc(NC(=O)CCCCC(=O)Nc2cc(/C(C)=N/N=C(N)N)cc(/C(C)=N/N=C(N)N)c2)cc(/C(C)=N/N=C(N)N)c1. The van der Waals surface area contributed by atoms with Crippen LogP contribution in [0.3, 0.4) is 0 Å². The van der Waals surface area contributed by atoms with Crippen LogP contribution in [0.2, 0.25) is 0 Å². The largest absolute Gasteiger partial charge is 0.369 e. The third-order valence-electron chi connectivity index (χ3n) is 6.42. The lowest BCUT2D eigenvalue weighted by atomic mass is 10.0. The summed E-state index contributed by atoms with van der Waals surface area (Å²) in [5, 5.41) is 36.5. The molecule has 50 heavy (non-hydrogen) atoms. The van der Waals surface area contributed by atoms with Crippen molar-refractivity contribution in [3.05, 3.63) is 58.7 Å². The molecule has 0 unspecified atom stereocenters. The van der Waals surface area contributed by atoms with Gasteiger partial charge in [-0.1, -0.05) is 0 Å². The number of rotatable bonds is 15. The van der Waals surface area contributed by atoms with Crippen molar-refractivity contribution in [2.45, 2.75) is 53.4 Å². The second-order valence-corrected chi connectivity index (χ2v) is 10.7. The predicted octanol–water partition coefficient (Wildman–Crippen LogP) is -0.186. The molecule has 0 saturated heterocycles. The van der Waals surface area contributed by atoms with E-state index in [9.17, 15) is 9.59 Å². The van der Waals surface area contributed by atoms with Crippen LogP contribution in [-0.2, 0) is 9.59 Å². The zero-order chi connectivity index (χ0) is 37.4. The van der Waals surface area contributed by atoms with Gasteiger partial charge in [0.05, 0.1) is 22.8 Å². The number of unbranched alkanes of at least 4 members (excludes halogenated alkanes) is 1. The Hall–Kier alpha value is -6.86. The lowest BCUT2D eigenvalue weighted by molar-refractivity contribution is -0.118. The number of nitrogens with two attached hydrogens (primary N) is 8. The summed E-state index contributed by atoms with van der Waals surface area (Å²) < 4.78 is 0. The Bertz CT molecular complexity index is 1570. The van der Waals surface area contributed by atoms with E-state index in [2.05, 4.69) is 51.4 Å². The zero-order valence-corrected chi connectivity index (χ0v) is 28.3. The number of hydrogen-bond donors (Lipinski definition) is 10. The fourth-order valence-electron chi connectivity index (χ4n) is 4.02. The van der Waals surface area contributed by atoms with E-state index in [-0.39, 0.29) is 48.5 Å². The first kappa shape index (κ1) is 39.3. The summed E-state index contributed by atoms with van der Waals surface area (Å²) in [6.45, 7) is 6.80. The van der Waals surface area contributed by atoms with E-state index in [1.165, 1.54) is 0 Å². The Morgan fingerprint density at radius 1 is 0.440 bits per heavy atom. The molecule has 20 heteroatoms. The van der Waals surface area contributed by atoms with Gasteiger partial charge in [-0.25, -0.2) is 0 Å². The second kappa shape index (κ2) is 19.1. The maximum atomic E-state index is 12.9. The highest BCUT2D eigenvalue weighted by Gasteiger charge is 2.12. The summed E-state index contributed by atoms with van der Waals surface area (Å²) in [6.07, 6.45) is 1.16. The number of anilines is 2. The molecule has 0 heterocycles. The molecule has 0 radical (unpaired) electrons. The standard InChI is InChI=1S/C30H44N18O2/c1-15(41-45-27(31)32)19-9-20(16(2)42-46-28(33)34)12-23(11-19)39-25(49)7-5-6-8-26(50)40-24-13-21(17(3)43-47-29(35)36)10-22(14-24)18(4)44-48-30(37)38/h9-14H,5-8H2,1-4H3,(H,39,49)(H,40,50)(H4,31,32,45)(H4,33,34,46)(H4,35,36,47)(H4,37,38,48)/b41-15+,42-16+,43-17+,44-18+. The zero-order valence-electron chi connectivity index (χ0n) is 28.3. The van der Waals surface area contributed by atoms with Crippen molar-refractivity contribution in [1.29, 1.82) is 0 Å². The van der Waals surface area contributed by atoms with Crippen LogP contribution < -0.4 is 56.5 Å². The molecule has 0 aliphatic rings. The molecule has 2 aromatic rings. The van der Waals surface area contributed by atoms with Crippen LogP contribution in [-0.4, -0.2) is 58.5 Å². The highest BCUT2D eigenvalue weighted by atomic mass is 16.2. The molecular formula is C30H44N18O2. The molecule has 2 rings (SSSR count). The third-order valence-corrected chi connectivity index (χ3v) is 6.42. The number of amides is 2. The van der Waals surface area contributed by atoms with Crippen molar-refractivity contribution >= 4 is 69.9 Å². The molecule has 0 saturated carbocycles. The number of guanidine groups is 4. The van der Waals surface area contributed by atoms with Crippen molar-refractivity contribution in [3.63, 3.8) is 0 Å². The minimum atomic E-state index is -0.269. The molecule has 266 valence electrons. The van der Waals surface area contributed by atoms with Gasteiger partial charge in [0.15, 0.2) is 0 Å². The second-order valence-electron chi connectivity index (χ2n) is 10.7. The summed E-state index contributed by atoms with van der Waals surface area (Å²) in [5.41, 5.74) is 48.4. The fraction of sp³-hybridized carbons (Fsp3) is 0.267. The molecule has 0 atom stereocenters. The number of hydrogen-bond acceptors (Lipinski definition) is 10. The van der Waals surface area contributed by atoms with Crippen molar-refractivity contribution in [2.24, 2.45) is 86.7 Å². The van der Waals surface area contributed by atoms with Crippen LogP contribution in [0.5, 0.6) is 0 Å². The number of carbonyl (C=O) groups excluding carboxylic acids is 2. The van der Waals surface area contributed by atoms with Gasteiger partial charge in [0.2, 0.25) is 35.7 Å². The summed E-state index contributed by atoms with van der Waals surface area (Å²) in [4.78, 5) is 25.8. The maximum Gasteiger partial charge on any atom is 0.224 e. The van der Waals surface area contributed by atoms with Gasteiger partial charge in [0.1, 0.15) is 0 Å². The average Bonchev–Trinajstić information content (AvgIpc) is 3.05. The van der Waals surface area contributed by atoms with Crippen LogP contribution in [0, 0.1) is 0 Å². The molecule has 0 aliphatic heterocycles. The van der Waals surface area contributed by atoms with Crippen molar-refractivity contribution in [3.8, 4) is 0 Å². The minimum absolute atomic E-state index is 0.148. The molecular weight excluding hydrogens is 644 g/mol. The average molecular weight is 689 g/mol. The Balaban J connectivity index is 2.15.